The quantitative estimate of drug-likeness (QED) is 0.403. The van der Waals surface area contributed by atoms with Gasteiger partial charge in [-0.1, -0.05) is 30.3 Å². The molecule has 0 unspecified atom stereocenters. The second-order valence-electron chi connectivity index (χ2n) is 5.34. The normalized spacial score (nSPS) is 13.9. The number of carboxylic acid groups (broad SMARTS) is 1. The van der Waals surface area contributed by atoms with Crippen molar-refractivity contribution in [3.8, 4) is 0 Å². The van der Waals surface area contributed by atoms with Crippen molar-refractivity contribution in [3.05, 3.63) is 76.9 Å². The van der Waals surface area contributed by atoms with Crippen LogP contribution in [0.25, 0.3) is 5.57 Å². The summed E-state index contributed by atoms with van der Waals surface area (Å²) in [6, 6.07) is 11.0. The molecular weight excluding hydrogens is 343 g/mol. The molecule has 1 aromatic carbocycles. The molecule has 0 atom stereocenters. The minimum Gasteiger partial charge on any atom is -0.477 e. The van der Waals surface area contributed by atoms with E-state index in [0.717, 1.165) is 11.1 Å². The third-order valence-electron chi connectivity index (χ3n) is 3.80. The second kappa shape index (κ2) is 7.27. The van der Waals surface area contributed by atoms with Crippen molar-refractivity contribution >= 4 is 29.6 Å². The lowest BCUT2D eigenvalue weighted by Crippen LogP contribution is -2.30. The maximum absolute atomic E-state index is 12.7. The van der Waals surface area contributed by atoms with Crippen molar-refractivity contribution in [2.45, 2.75) is 0 Å². The summed E-state index contributed by atoms with van der Waals surface area (Å²) < 4.78 is 15.2. The van der Waals surface area contributed by atoms with E-state index in [1.165, 1.54) is 12.3 Å². The molecule has 128 valence electrons. The van der Waals surface area contributed by atoms with Gasteiger partial charge in [-0.05, 0) is 23.3 Å². The van der Waals surface area contributed by atoms with E-state index in [4.69, 9.17) is 10.5 Å². The fraction of sp³-hybridized carbons (Fsp3) is 0.0588. The molecule has 0 saturated heterocycles. The minimum atomic E-state index is -1.10. The topological polar surface area (TPSA) is 101 Å². The molecule has 0 radical (unpaired) electrons. The number of allylic oxidation sites excluding steroid dienone is 2. The Morgan fingerprint density at radius 3 is 2.72 bits per heavy atom. The van der Waals surface area contributed by atoms with Gasteiger partial charge in [0.15, 0.2) is 12.3 Å². The molecule has 1 aliphatic heterocycles. The average molecular weight is 358 g/mol. The molecule has 8 heteroatoms. The molecule has 5 N–H and O–H groups in total. The first-order chi connectivity index (χ1) is 12.1. The van der Waals surface area contributed by atoms with E-state index in [1.807, 2.05) is 30.3 Å². The number of halogens is 1. The fourth-order valence-electron chi connectivity index (χ4n) is 2.56. The van der Waals surface area contributed by atoms with Crippen LogP contribution in [0, 0.1) is 5.41 Å². The van der Waals surface area contributed by atoms with Crippen molar-refractivity contribution in [3.63, 3.8) is 0 Å². The van der Waals surface area contributed by atoms with Crippen molar-refractivity contribution in [2.24, 2.45) is 0 Å². The first kappa shape index (κ1) is 16.8. The summed E-state index contributed by atoms with van der Waals surface area (Å²) >= 11 is -0.0666. The van der Waals surface area contributed by atoms with Gasteiger partial charge in [-0.25, -0.2) is 4.79 Å². The lowest BCUT2D eigenvalue weighted by atomic mass is 9.96. The van der Waals surface area contributed by atoms with Crippen molar-refractivity contribution in [1.29, 1.82) is 5.41 Å². The van der Waals surface area contributed by atoms with Gasteiger partial charge in [-0.2, -0.15) is 0 Å². The van der Waals surface area contributed by atoms with Gasteiger partial charge in [0.25, 0.3) is 0 Å². The number of nitrogens with one attached hydrogen (secondary N) is 4. The molecule has 0 saturated carbocycles. The van der Waals surface area contributed by atoms with Gasteiger partial charge < -0.3 is 15.4 Å². The number of H-pyrrole nitrogens is 1. The highest BCUT2D eigenvalue weighted by atomic mass is 32.2. The number of carboxylic acids is 1. The number of aromatic amines is 1. The summed E-state index contributed by atoms with van der Waals surface area (Å²) in [4.78, 5) is 13.6. The summed E-state index contributed by atoms with van der Waals surface area (Å²) in [6.45, 7) is 0.483. The largest absolute Gasteiger partial charge is 0.477 e. The van der Waals surface area contributed by atoms with E-state index in [9.17, 15) is 8.68 Å². The zero-order valence-corrected chi connectivity index (χ0v) is 13.8. The molecule has 3 rings (SSSR count). The number of aromatic carboxylic acids is 1. The van der Waals surface area contributed by atoms with Gasteiger partial charge in [0.1, 0.15) is 11.5 Å². The van der Waals surface area contributed by atoms with Crippen LogP contribution in [0.4, 0.5) is 3.89 Å². The van der Waals surface area contributed by atoms with Gasteiger partial charge in [-0.15, -0.1) is 3.89 Å². The summed E-state index contributed by atoms with van der Waals surface area (Å²) in [5, 5.41) is 20.5. The van der Waals surface area contributed by atoms with Crippen LogP contribution in [0.5, 0.6) is 0 Å². The Hall–Kier alpha value is -3.00. The van der Waals surface area contributed by atoms with Crippen LogP contribution < -0.4 is 10.0 Å². The average Bonchev–Trinajstić information content (AvgIpc) is 3.13. The van der Waals surface area contributed by atoms with Crippen LogP contribution in [0.1, 0.15) is 21.6 Å². The van der Waals surface area contributed by atoms with Gasteiger partial charge in [-0.3, -0.25) is 10.1 Å². The highest BCUT2D eigenvalue weighted by Gasteiger charge is 2.20. The third-order valence-corrected chi connectivity index (χ3v) is 4.08. The molecule has 0 fully saturated rings. The van der Waals surface area contributed by atoms with Gasteiger partial charge in [0.05, 0.1) is 5.71 Å². The molecule has 1 aromatic heterocycles. The van der Waals surface area contributed by atoms with Crippen LogP contribution in [0.3, 0.4) is 0 Å². The number of aromatic nitrogens is 1. The number of benzene rings is 1. The first-order valence-corrected chi connectivity index (χ1v) is 8.10. The fourth-order valence-corrected chi connectivity index (χ4v) is 2.82. The molecule has 0 spiro atoms. The Kier molecular flexibility index (Phi) is 4.90. The second-order valence-corrected chi connectivity index (χ2v) is 5.70. The molecule has 2 heterocycles. The lowest BCUT2D eigenvalue weighted by Gasteiger charge is -2.22. The molecule has 2 aromatic rings. The maximum Gasteiger partial charge on any atom is 0.352 e. The maximum atomic E-state index is 12.7. The minimum absolute atomic E-state index is 0.00856. The monoisotopic (exact) mass is 358 g/mol. The number of rotatable bonds is 6. The number of carbonyl (C=O) groups is 1. The SMILES string of the molecule is N=C(C1=C(NSF)NCC(c2ccccc2)=C1)c1c[nH]c(C(=O)O)c1. The molecule has 25 heavy (non-hydrogen) atoms. The van der Waals surface area contributed by atoms with Crippen molar-refractivity contribution in [1.82, 2.24) is 15.0 Å². The Morgan fingerprint density at radius 1 is 1.32 bits per heavy atom. The summed E-state index contributed by atoms with van der Waals surface area (Å²) in [5.41, 5.74) is 2.87. The zero-order valence-electron chi connectivity index (χ0n) is 13.0. The molecule has 6 nitrogen and oxygen atoms in total. The predicted octanol–water partition coefficient (Wildman–Crippen LogP) is 3.10. The summed E-state index contributed by atoms with van der Waals surface area (Å²) in [5.74, 6) is -0.733. The van der Waals surface area contributed by atoms with Crippen LogP contribution in [-0.4, -0.2) is 28.3 Å². The zero-order chi connectivity index (χ0) is 17.8. The van der Waals surface area contributed by atoms with E-state index in [-0.39, 0.29) is 23.7 Å². The summed E-state index contributed by atoms with van der Waals surface area (Å²) in [6.07, 6.45) is 3.25. The van der Waals surface area contributed by atoms with E-state index in [2.05, 4.69) is 15.0 Å². The van der Waals surface area contributed by atoms with E-state index in [0.29, 0.717) is 23.5 Å². The van der Waals surface area contributed by atoms with Crippen LogP contribution >= 0.6 is 12.3 Å². The first-order valence-electron chi connectivity index (χ1n) is 7.39. The Labute approximate surface area is 147 Å². The predicted molar refractivity (Wildman–Crippen MR) is 95.9 cm³/mol. The Morgan fingerprint density at radius 2 is 2.08 bits per heavy atom. The third kappa shape index (κ3) is 3.58. The molecule has 0 amide bonds. The van der Waals surface area contributed by atoms with Crippen molar-refractivity contribution < 1.29 is 13.8 Å². The molecule has 0 aliphatic carbocycles. The lowest BCUT2D eigenvalue weighted by molar-refractivity contribution is 0.0691. The molecule has 1 aliphatic rings. The van der Waals surface area contributed by atoms with Crippen molar-refractivity contribution in [2.75, 3.05) is 6.54 Å². The van der Waals surface area contributed by atoms with E-state index < -0.39 is 5.97 Å². The van der Waals surface area contributed by atoms with Crippen LogP contribution in [-0.2, 0) is 0 Å². The summed E-state index contributed by atoms with van der Waals surface area (Å²) in [7, 11) is 0. The number of dihydropyridines is 1. The van der Waals surface area contributed by atoms with Gasteiger partial charge in [0, 0.05) is 23.9 Å². The number of hydrogen-bond acceptors (Lipinski definition) is 5. The molecular formula is C17H15FN4O2S. The van der Waals surface area contributed by atoms with E-state index >= 15 is 0 Å². The van der Waals surface area contributed by atoms with Crippen LogP contribution in [0.15, 0.2) is 60.1 Å². The number of hydrogen-bond donors (Lipinski definition) is 5. The highest BCUT2D eigenvalue weighted by molar-refractivity contribution is 7.92. The van der Waals surface area contributed by atoms with E-state index in [1.54, 1.807) is 6.08 Å². The van der Waals surface area contributed by atoms with Gasteiger partial charge >= 0.3 is 5.97 Å². The Bertz CT molecular complexity index is 874. The standard InChI is InChI=1S/C17H15FN4O2S/c18-25-22-16-13(15(19)12-7-14(17(23)24)20-9-12)6-11(8-21-16)10-4-2-1-3-5-10/h1-7,9,19-22H,8H2,(H,23,24). The Balaban J connectivity index is 1.99. The molecule has 0 bridgehead atoms. The highest BCUT2D eigenvalue weighted by Crippen LogP contribution is 2.24. The van der Waals surface area contributed by atoms with Crippen LogP contribution in [0.2, 0.25) is 0 Å². The van der Waals surface area contributed by atoms with Gasteiger partial charge in [0.2, 0.25) is 0 Å². The smallest absolute Gasteiger partial charge is 0.352 e.